The van der Waals surface area contributed by atoms with Crippen molar-refractivity contribution in [3.63, 3.8) is 0 Å². The van der Waals surface area contributed by atoms with Crippen LogP contribution in [0.3, 0.4) is 0 Å². The summed E-state index contributed by atoms with van der Waals surface area (Å²) < 4.78 is 0. The van der Waals surface area contributed by atoms with Crippen LogP contribution in [0.25, 0.3) is 0 Å². The summed E-state index contributed by atoms with van der Waals surface area (Å²) in [6, 6.07) is 2.59. The molecule has 0 bridgehead atoms. The number of aryl methyl sites for hydroxylation is 1. The molecular weight excluding hydrogens is 238 g/mol. The van der Waals surface area contributed by atoms with E-state index in [1.54, 1.807) is 0 Å². The Morgan fingerprint density at radius 1 is 1.37 bits per heavy atom. The molecule has 1 fully saturated rings. The lowest BCUT2D eigenvalue weighted by Gasteiger charge is -2.25. The molecule has 0 atom stereocenters. The highest BCUT2D eigenvalue weighted by Crippen LogP contribution is 2.17. The van der Waals surface area contributed by atoms with Crippen LogP contribution in [0.5, 0.6) is 0 Å². The SMILES string of the molecule is CCCN(C)c1cc(NC2CCNCC2)nc(C)n1. The van der Waals surface area contributed by atoms with Gasteiger partial charge in [0.2, 0.25) is 0 Å². The van der Waals surface area contributed by atoms with E-state index in [0.717, 1.165) is 56.4 Å². The van der Waals surface area contributed by atoms with E-state index in [0.29, 0.717) is 6.04 Å². The van der Waals surface area contributed by atoms with Crippen LogP contribution in [0.15, 0.2) is 6.07 Å². The zero-order valence-corrected chi connectivity index (χ0v) is 12.2. The van der Waals surface area contributed by atoms with Crippen molar-refractivity contribution >= 4 is 11.6 Å². The lowest BCUT2D eigenvalue weighted by atomic mass is 10.1. The first-order chi connectivity index (χ1) is 9.19. The average Bonchev–Trinajstić information content (AvgIpc) is 2.39. The van der Waals surface area contributed by atoms with Crippen LogP contribution in [-0.4, -0.2) is 42.7 Å². The molecule has 2 rings (SSSR count). The molecule has 0 amide bonds. The summed E-state index contributed by atoms with van der Waals surface area (Å²) in [5, 5.41) is 6.92. The highest BCUT2D eigenvalue weighted by atomic mass is 15.2. The largest absolute Gasteiger partial charge is 0.367 e. The van der Waals surface area contributed by atoms with Gasteiger partial charge in [0.05, 0.1) is 0 Å². The second-order valence-corrected chi connectivity index (χ2v) is 5.25. The van der Waals surface area contributed by atoms with E-state index in [9.17, 15) is 0 Å². The molecule has 1 aliphatic rings. The minimum atomic E-state index is 0.528. The molecule has 2 heterocycles. The van der Waals surface area contributed by atoms with Crippen molar-refractivity contribution in [1.82, 2.24) is 15.3 Å². The van der Waals surface area contributed by atoms with Gasteiger partial charge >= 0.3 is 0 Å². The summed E-state index contributed by atoms with van der Waals surface area (Å²) in [6.07, 6.45) is 3.43. The molecule has 1 aliphatic heterocycles. The van der Waals surface area contributed by atoms with Gasteiger partial charge in [-0.25, -0.2) is 9.97 Å². The molecule has 0 aromatic carbocycles. The predicted molar refractivity (Wildman–Crippen MR) is 79.8 cm³/mol. The van der Waals surface area contributed by atoms with Crippen LogP contribution < -0.4 is 15.5 Å². The molecular formula is C14H25N5. The third-order valence-electron chi connectivity index (χ3n) is 3.47. The van der Waals surface area contributed by atoms with E-state index >= 15 is 0 Å². The molecule has 19 heavy (non-hydrogen) atoms. The fraction of sp³-hybridized carbons (Fsp3) is 0.714. The van der Waals surface area contributed by atoms with Crippen molar-refractivity contribution in [2.75, 3.05) is 36.9 Å². The maximum absolute atomic E-state index is 4.51. The maximum atomic E-state index is 4.51. The predicted octanol–water partition coefficient (Wildman–Crippen LogP) is 1.80. The Labute approximate surface area is 115 Å². The van der Waals surface area contributed by atoms with Crippen LogP contribution in [0.4, 0.5) is 11.6 Å². The molecule has 0 radical (unpaired) electrons. The number of hydrogen-bond acceptors (Lipinski definition) is 5. The van der Waals surface area contributed by atoms with Crippen molar-refractivity contribution < 1.29 is 0 Å². The molecule has 0 spiro atoms. The van der Waals surface area contributed by atoms with E-state index in [2.05, 4.69) is 45.5 Å². The number of anilines is 2. The van der Waals surface area contributed by atoms with Crippen molar-refractivity contribution in [2.45, 2.75) is 39.2 Å². The van der Waals surface area contributed by atoms with Gasteiger partial charge in [0.1, 0.15) is 17.5 Å². The molecule has 5 heteroatoms. The van der Waals surface area contributed by atoms with Gasteiger partial charge in [-0.1, -0.05) is 6.92 Å². The van der Waals surface area contributed by atoms with Crippen molar-refractivity contribution in [3.05, 3.63) is 11.9 Å². The molecule has 0 unspecified atom stereocenters. The number of nitrogens with one attached hydrogen (secondary N) is 2. The molecule has 1 aromatic heterocycles. The lowest BCUT2D eigenvalue weighted by Crippen LogP contribution is -2.35. The minimum Gasteiger partial charge on any atom is -0.367 e. The van der Waals surface area contributed by atoms with E-state index in [-0.39, 0.29) is 0 Å². The zero-order valence-electron chi connectivity index (χ0n) is 12.2. The van der Waals surface area contributed by atoms with Gasteiger partial charge in [-0.05, 0) is 39.3 Å². The number of nitrogens with zero attached hydrogens (tertiary/aromatic N) is 3. The van der Waals surface area contributed by atoms with Crippen LogP contribution in [0.2, 0.25) is 0 Å². The number of piperidine rings is 1. The fourth-order valence-electron chi connectivity index (χ4n) is 2.45. The number of hydrogen-bond donors (Lipinski definition) is 2. The zero-order chi connectivity index (χ0) is 13.7. The first-order valence-electron chi connectivity index (χ1n) is 7.23. The van der Waals surface area contributed by atoms with Gasteiger partial charge in [-0.2, -0.15) is 0 Å². The highest BCUT2D eigenvalue weighted by Gasteiger charge is 2.14. The second kappa shape index (κ2) is 6.70. The summed E-state index contributed by atoms with van der Waals surface area (Å²) in [5.41, 5.74) is 0. The highest BCUT2D eigenvalue weighted by molar-refractivity contribution is 5.49. The Balaban J connectivity index is 2.07. The first kappa shape index (κ1) is 14.1. The lowest BCUT2D eigenvalue weighted by molar-refractivity contribution is 0.478. The fourth-order valence-corrected chi connectivity index (χ4v) is 2.45. The van der Waals surface area contributed by atoms with Crippen LogP contribution in [-0.2, 0) is 0 Å². The maximum Gasteiger partial charge on any atom is 0.134 e. The third-order valence-corrected chi connectivity index (χ3v) is 3.47. The van der Waals surface area contributed by atoms with E-state index in [4.69, 9.17) is 0 Å². The third kappa shape index (κ3) is 4.06. The second-order valence-electron chi connectivity index (χ2n) is 5.25. The van der Waals surface area contributed by atoms with Gasteiger partial charge in [0, 0.05) is 25.7 Å². The first-order valence-corrected chi connectivity index (χ1v) is 7.23. The quantitative estimate of drug-likeness (QED) is 0.848. The average molecular weight is 263 g/mol. The Morgan fingerprint density at radius 3 is 2.79 bits per heavy atom. The minimum absolute atomic E-state index is 0.528. The molecule has 2 N–H and O–H groups in total. The Morgan fingerprint density at radius 2 is 2.11 bits per heavy atom. The Hall–Kier alpha value is -1.36. The Kier molecular flexibility index (Phi) is 4.96. The van der Waals surface area contributed by atoms with Crippen molar-refractivity contribution in [1.29, 1.82) is 0 Å². The number of aromatic nitrogens is 2. The summed E-state index contributed by atoms with van der Waals surface area (Å²) in [5.74, 6) is 2.79. The van der Waals surface area contributed by atoms with Gasteiger partial charge < -0.3 is 15.5 Å². The smallest absolute Gasteiger partial charge is 0.134 e. The topological polar surface area (TPSA) is 53.1 Å². The molecule has 0 saturated carbocycles. The standard InChI is InChI=1S/C14H25N5/c1-4-9-19(3)14-10-13(16-11(2)17-14)18-12-5-7-15-8-6-12/h10,12,15H,4-9H2,1-3H3,(H,16,17,18). The molecule has 0 aliphatic carbocycles. The van der Waals surface area contributed by atoms with Gasteiger partial charge in [0.15, 0.2) is 0 Å². The van der Waals surface area contributed by atoms with Crippen LogP contribution in [0, 0.1) is 6.92 Å². The summed E-state index contributed by atoms with van der Waals surface area (Å²) in [6.45, 7) is 7.33. The molecule has 5 nitrogen and oxygen atoms in total. The summed E-state index contributed by atoms with van der Waals surface area (Å²) >= 11 is 0. The van der Waals surface area contributed by atoms with Crippen LogP contribution in [0.1, 0.15) is 32.0 Å². The van der Waals surface area contributed by atoms with Gasteiger partial charge in [-0.15, -0.1) is 0 Å². The van der Waals surface area contributed by atoms with E-state index in [1.807, 2.05) is 6.92 Å². The molecule has 106 valence electrons. The Bertz CT molecular complexity index is 401. The molecule has 1 saturated heterocycles. The van der Waals surface area contributed by atoms with Crippen molar-refractivity contribution in [3.8, 4) is 0 Å². The summed E-state index contributed by atoms with van der Waals surface area (Å²) in [4.78, 5) is 11.2. The van der Waals surface area contributed by atoms with Gasteiger partial charge in [0.25, 0.3) is 0 Å². The number of rotatable bonds is 5. The van der Waals surface area contributed by atoms with Crippen molar-refractivity contribution in [2.24, 2.45) is 0 Å². The van der Waals surface area contributed by atoms with E-state index < -0.39 is 0 Å². The van der Waals surface area contributed by atoms with Crippen LogP contribution >= 0.6 is 0 Å². The monoisotopic (exact) mass is 263 g/mol. The van der Waals surface area contributed by atoms with E-state index in [1.165, 1.54) is 0 Å². The summed E-state index contributed by atoms with van der Waals surface area (Å²) in [7, 11) is 2.08. The molecule has 1 aromatic rings. The normalized spacial score (nSPS) is 16.4. The van der Waals surface area contributed by atoms with Gasteiger partial charge in [-0.3, -0.25) is 0 Å².